The van der Waals surface area contributed by atoms with Gasteiger partial charge in [0.25, 0.3) is 0 Å². The van der Waals surface area contributed by atoms with Crippen molar-refractivity contribution in [2.45, 2.75) is 6.92 Å². The largest absolute Gasteiger partial charge is 1.00 e. The Bertz CT molecular complexity index is 587. The fraction of sp³-hybridized carbons (Fsp3) is 0.167. The van der Waals surface area contributed by atoms with E-state index in [2.05, 4.69) is 10.3 Å². The van der Waals surface area contributed by atoms with Crippen LogP contribution in [-0.4, -0.2) is 21.2 Å². The first-order valence-corrected chi connectivity index (χ1v) is 5.64. The van der Waals surface area contributed by atoms with E-state index in [9.17, 15) is 0 Å². The van der Waals surface area contributed by atoms with Gasteiger partial charge in [-0.15, -0.1) is 0 Å². The zero-order chi connectivity index (χ0) is 13.1. The van der Waals surface area contributed by atoms with Crippen molar-refractivity contribution in [3.05, 3.63) is 40.5 Å². The van der Waals surface area contributed by atoms with E-state index in [4.69, 9.17) is 21.5 Å². The Kier molecular flexibility index (Phi) is 5.87. The van der Waals surface area contributed by atoms with Gasteiger partial charge >= 0.3 is 29.6 Å². The molecule has 2 aromatic rings. The van der Waals surface area contributed by atoms with E-state index >= 15 is 0 Å². The summed E-state index contributed by atoms with van der Waals surface area (Å²) < 4.78 is 7.29. The summed E-state index contributed by atoms with van der Waals surface area (Å²) in [5.74, 6) is 1.14. The Balaban J connectivity index is 0.00000180. The predicted molar refractivity (Wildman–Crippen MR) is 70.0 cm³/mol. The molecule has 0 amide bonds. The van der Waals surface area contributed by atoms with Gasteiger partial charge in [0.1, 0.15) is 5.75 Å². The summed E-state index contributed by atoms with van der Waals surface area (Å²) in [5, 5.41) is 16.5. The number of hydrogen-bond donors (Lipinski definition) is 1. The van der Waals surface area contributed by atoms with E-state index in [-0.39, 0.29) is 31.0 Å². The van der Waals surface area contributed by atoms with E-state index in [0.29, 0.717) is 22.2 Å². The van der Waals surface area contributed by atoms with Crippen molar-refractivity contribution in [1.29, 1.82) is 0 Å². The number of nitrogens with zero attached hydrogens (tertiary/aromatic N) is 3. The first-order chi connectivity index (χ1) is 8.61. The van der Waals surface area contributed by atoms with Crippen molar-refractivity contribution < 1.29 is 40.9 Å². The minimum atomic E-state index is 0. The summed E-state index contributed by atoms with van der Waals surface area (Å²) >= 11 is 5.80. The van der Waals surface area contributed by atoms with Crippen molar-refractivity contribution in [2.75, 3.05) is 0 Å². The second kappa shape index (κ2) is 6.96. The number of oxime groups is 1. The number of ether oxygens (including phenoxy) is 1. The molecule has 1 heterocycles. The number of benzene rings is 1. The molecule has 19 heavy (non-hydrogen) atoms. The van der Waals surface area contributed by atoms with Crippen molar-refractivity contribution in [3.8, 4) is 11.6 Å². The van der Waals surface area contributed by atoms with E-state index in [0.717, 1.165) is 5.69 Å². The van der Waals surface area contributed by atoms with Crippen LogP contribution in [0, 0.1) is 6.92 Å². The third kappa shape index (κ3) is 3.73. The van der Waals surface area contributed by atoms with Crippen LogP contribution in [0.5, 0.6) is 11.6 Å². The Morgan fingerprint density at radius 3 is 2.63 bits per heavy atom. The van der Waals surface area contributed by atoms with Gasteiger partial charge in [0, 0.05) is 12.1 Å². The quantitative estimate of drug-likeness (QED) is 0.377. The van der Waals surface area contributed by atoms with Crippen LogP contribution in [0.2, 0.25) is 5.02 Å². The standard InChI is InChI=1S/C12H12ClN3O2.Na.H/c1-8-11(7-14-17)12(16(2)15-8)18-10-5-3-9(13)4-6-10;;/h3-7,17H,1-2H3;;/q;+1;-1. The number of halogens is 1. The Morgan fingerprint density at radius 1 is 1.42 bits per heavy atom. The van der Waals surface area contributed by atoms with Gasteiger partial charge in [-0.2, -0.15) is 5.10 Å². The van der Waals surface area contributed by atoms with E-state index < -0.39 is 0 Å². The van der Waals surface area contributed by atoms with Crippen molar-refractivity contribution in [3.63, 3.8) is 0 Å². The molecule has 0 saturated heterocycles. The molecular formula is C12H13ClN3NaO2. The van der Waals surface area contributed by atoms with E-state index in [1.54, 1.807) is 36.0 Å². The van der Waals surface area contributed by atoms with Crippen LogP contribution >= 0.6 is 11.6 Å². The number of rotatable bonds is 3. The molecule has 5 nitrogen and oxygen atoms in total. The van der Waals surface area contributed by atoms with Crippen LogP contribution in [0.15, 0.2) is 29.4 Å². The van der Waals surface area contributed by atoms with Gasteiger partial charge in [0.15, 0.2) is 0 Å². The minimum absolute atomic E-state index is 0. The van der Waals surface area contributed by atoms with Gasteiger partial charge in [0.2, 0.25) is 5.88 Å². The van der Waals surface area contributed by atoms with Crippen LogP contribution in [-0.2, 0) is 7.05 Å². The van der Waals surface area contributed by atoms with Crippen LogP contribution in [0.25, 0.3) is 0 Å². The van der Waals surface area contributed by atoms with Crippen LogP contribution < -0.4 is 34.3 Å². The molecule has 1 aromatic carbocycles. The molecule has 0 fully saturated rings. The van der Waals surface area contributed by atoms with Gasteiger partial charge in [0.05, 0.1) is 17.5 Å². The molecule has 1 aromatic heterocycles. The summed E-state index contributed by atoms with van der Waals surface area (Å²) in [7, 11) is 1.76. The summed E-state index contributed by atoms with van der Waals surface area (Å²) in [6, 6.07) is 6.98. The van der Waals surface area contributed by atoms with Gasteiger partial charge in [-0.25, -0.2) is 4.68 Å². The molecule has 2 rings (SSSR count). The summed E-state index contributed by atoms with van der Waals surface area (Å²) in [5.41, 5.74) is 1.36. The zero-order valence-corrected chi connectivity index (χ0v) is 13.7. The first kappa shape index (κ1) is 16.0. The molecule has 1 N–H and O–H groups in total. The Hall–Kier alpha value is -1.01. The topological polar surface area (TPSA) is 59.6 Å². The average molecular weight is 290 g/mol. The summed E-state index contributed by atoms with van der Waals surface area (Å²) in [4.78, 5) is 0. The molecule has 0 unspecified atom stereocenters. The van der Waals surface area contributed by atoms with Gasteiger partial charge in [-0.1, -0.05) is 16.8 Å². The molecule has 0 aliphatic carbocycles. The van der Waals surface area contributed by atoms with E-state index in [1.165, 1.54) is 6.21 Å². The third-order valence-corrected chi connectivity index (χ3v) is 2.68. The van der Waals surface area contributed by atoms with Crippen LogP contribution in [0.3, 0.4) is 0 Å². The number of hydrogen-bond acceptors (Lipinski definition) is 4. The fourth-order valence-corrected chi connectivity index (χ4v) is 1.72. The molecule has 0 atom stereocenters. The predicted octanol–water partition coefficient (Wildman–Crippen LogP) is 0.0988. The smallest absolute Gasteiger partial charge is 1.00 e. The number of aromatic nitrogens is 2. The first-order valence-electron chi connectivity index (χ1n) is 5.26. The molecule has 0 aliphatic rings. The van der Waals surface area contributed by atoms with Gasteiger partial charge in [-0.3, -0.25) is 0 Å². The SMILES string of the molecule is Cc1nn(C)c(Oc2ccc(Cl)cc2)c1C=NO.[H-].[Na+]. The molecule has 0 spiro atoms. The zero-order valence-electron chi connectivity index (χ0n) is 12.0. The average Bonchev–Trinajstić information content (AvgIpc) is 2.59. The second-order valence-corrected chi connectivity index (χ2v) is 4.16. The Labute approximate surface area is 139 Å². The maximum Gasteiger partial charge on any atom is 1.00 e. The maximum atomic E-state index is 8.64. The van der Waals surface area contributed by atoms with Crippen LogP contribution in [0.4, 0.5) is 0 Å². The van der Waals surface area contributed by atoms with Gasteiger partial charge in [-0.05, 0) is 31.2 Å². The summed E-state index contributed by atoms with van der Waals surface area (Å²) in [6.07, 6.45) is 1.30. The molecule has 7 heteroatoms. The normalized spacial score (nSPS) is 10.5. The number of aryl methyl sites for hydroxylation is 2. The molecular weight excluding hydrogens is 277 g/mol. The molecule has 0 radical (unpaired) electrons. The van der Waals surface area contributed by atoms with Crippen molar-refractivity contribution >= 4 is 17.8 Å². The Morgan fingerprint density at radius 2 is 2.05 bits per heavy atom. The molecule has 0 saturated carbocycles. The monoisotopic (exact) mass is 289 g/mol. The summed E-state index contributed by atoms with van der Waals surface area (Å²) in [6.45, 7) is 1.81. The molecule has 0 aliphatic heterocycles. The maximum absolute atomic E-state index is 8.64. The minimum Gasteiger partial charge on any atom is -1.00 e. The third-order valence-electron chi connectivity index (χ3n) is 2.43. The van der Waals surface area contributed by atoms with E-state index in [1.807, 2.05) is 6.92 Å². The van der Waals surface area contributed by atoms with Crippen molar-refractivity contribution in [2.24, 2.45) is 12.2 Å². The van der Waals surface area contributed by atoms with Crippen LogP contribution in [0.1, 0.15) is 12.7 Å². The fourth-order valence-electron chi connectivity index (χ4n) is 1.60. The molecule has 96 valence electrons. The van der Waals surface area contributed by atoms with Crippen molar-refractivity contribution in [1.82, 2.24) is 9.78 Å². The second-order valence-electron chi connectivity index (χ2n) is 3.73. The molecule has 0 bridgehead atoms. The van der Waals surface area contributed by atoms with Gasteiger partial charge < -0.3 is 11.4 Å².